The summed E-state index contributed by atoms with van der Waals surface area (Å²) in [5.74, 6) is 0.386. The summed E-state index contributed by atoms with van der Waals surface area (Å²) in [6, 6.07) is 12.7. The maximum atomic E-state index is 13.0. The summed E-state index contributed by atoms with van der Waals surface area (Å²) < 4.78 is 14.1. The highest BCUT2D eigenvalue weighted by Crippen LogP contribution is 2.23. The molecule has 2 rings (SSSR count). The number of hydrogen-bond acceptors (Lipinski definition) is 2. The first kappa shape index (κ1) is 15.5. The molecule has 0 aliphatic carbocycles. The summed E-state index contributed by atoms with van der Waals surface area (Å²) in [5.41, 5.74) is 1.88. The summed E-state index contributed by atoms with van der Waals surface area (Å²) in [6.45, 7) is 1.87. The molecule has 2 aromatic rings. The third-order valence-electron chi connectivity index (χ3n) is 3.00. The van der Waals surface area contributed by atoms with Crippen LogP contribution >= 0.6 is 27.7 Å². The van der Waals surface area contributed by atoms with Gasteiger partial charge in [-0.15, -0.1) is 11.8 Å². The third-order valence-corrected chi connectivity index (χ3v) is 4.63. The monoisotopic (exact) mass is 354 g/mol. The molecular formula is C16H16BrFOS. The third kappa shape index (κ3) is 4.62. The zero-order chi connectivity index (χ0) is 14.5. The zero-order valence-electron chi connectivity index (χ0n) is 11.1. The lowest BCUT2D eigenvalue weighted by Crippen LogP contribution is -2.14. The minimum Gasteiger partial charge on any atom is -0.392 e. The van der Waals surface area contributed by atoms with Crippen molar-refractivity contribution in [1.29, 1.82) is 0 Å². The highest BCUT2D eigenvalue weighted by Gasteiger charge is 2.09. The molecule has 0 aliphatic rings. The van der Waals surface area contributed by atoms with Gasteiger partial charge in [0.1, 0.15) is 5.82 Å². The van der Waals surface area contributed by atoms with Crippen molar-refractivity contribution >= 4 is 27.7 Å². The van der Waals surface area contributed by atoms with E-state index in [-0.39, 0.29) is 5.82 Å². The average Bonchev–Trinajstić information content (AvgIpc) is 2.40. The molecule has 1 unspecified atom stereocenters. The first-order valence-electron chi connectivity index (χ1n) is 6.36. The van der Waals surface area contributed by atoms with Gasteiger partial charge in [-0.1, -0.05) is 28.1 Å². The van der Waals surface area contributed by atoms with Gasteiger partial charge in [-0.25, -0.2) is 4.39 Å². The van der Waals surface area contributed by atoms with Gasteiger partial charge in [-0.05, 0) is 54.8 Å². The maximum Gasteiger partial charge on any atom is 0.123 e. The number of benzene rings is 2. The van der Waals surface area contributed by atoms with Crippen LogP contribution in [0.1, 0.15) is 11.1 Å². The Bertz CT molecular complexity index is 588. The van der Waals surface area contributed by atoms with Crippen molar-refractivity contribution < 1.29 is 9.50 Å². The predicted molar refractivity (Wildman–Crippen MR) is 85.7 cm³/mol. The highest BCUT2D eigenvalue weighted by molar-refractivity contribution is 9.10. The van der Waals surface area contributed by atoms with E-state index in [1.807, 2.05) is 31.2 Å². The van der Waals surface area contributed by atoms with Crippen LogP contribution in [0.3, 0.4) is 0 Å². The Morgan fingerprint density at radius 1 is 1.25 bits per heavy atom. The normalized spacial score (nSPS) is 12.4. The smallest absolute Gasteiger partial charge is 0.123 e. The van der Waals surface area contributed by atoms with Crippen molar-refractivity contribution in [2.75, 3.05) is 5.75 Å². The molecule has 1 N–H and O–H groups in total. The molecule has 20 heavy (non-hydrogen) atoms. The van der Waals surface area contributed by atoms with E-state index < -0.39 is 6.10 Å². The topological polar surface area (TPSA) is 20.2 Å². The van der Waals surface area contributed by atoms with E-state index in [9.17, 15) is 9.50 Å². The Labute approximate surface area is 131 Å². The van der Waals surface area contributed by atoms with Crippen LogP contribution in [0.4, 0.5) is 4.39 Å². The van der Waals surface area contributed by atoms with Crippen molar-refractivity contribution in [2.24, 2.45) is 0 Å². The van der Waals surface area contributed by atoms with Gasteiger partial charge in [-0.2, -0.15) is 0 Å². The van der Waals surface area contributed by atoms with E-state index in [2.05, 4.69) is 15.9 Å². The van der Waals surface area contributed by atoms with Gasteiger partial charge in [0.05, 0.1) is 6.10 Å². The lowest BCUT2D eigenvalue weighted by Gasteiger charge is -2.12. The number of rotatable bonds is 5. The van der Waals surface area contributed by atoms with Crippen LogP contribution in [-0.4, -0.2) is 17.0 Å². The van der Waals surface area contributed by atoms with Crippen molar-refractivity contribution in [1.82, 2.24) is 0 Å². The minimum atomic E-state index is -0.442. The fraction of sp³-hybridized carbons (Fsp3) is 0.250. The van der Waals surface area contributed by atoms with Crippen molar-refractivity contribution in [3.05, 3.63) is 63.9 Å². The average molecular weight is 355 g/mol. The van der Waals surface area contributed by atoms with Crippen molar-refractivity contribution in [3.8, 4) is 0 Å². The number of aliphatic hydroxyl groups excluding tert-OH is 1. The quantitative estimate of drug-likeness (QED) is 0.792. The maximum absolute atomic E-state index is 13.0. The van der Waals surface area contributed by atoms with E-state index in [0.717, 1.165) is 20.5 Å². The fourth-order valence-electron chi connectivity index (χ4n) is 1.95. The molecule has 4 heteroatoms. The molecule has 0 radical (unpaired) electrons. The van der Waals surface area contributed by atoms with E-state index in [4.69, 9.17) is 0 Å². The molecule has 0 aliphatic heterocycles. The number of aliphatic hydroxyl groups is 1. The molecule has 1 nitrogen and oxygen atoms in total. The lowest BCUT2D eigenvalue weighted by molar-refractivity contribution is 0.200. The zero-order valence-corrected chi connectivity index (χ0v) is 13.5. The van der Waals surface area contributed by atoms with Crippen LogP contribution in [0.25, 0.3) is 0 Å². The second kappa shape index (κ2) is 7.25. The molecule has 0 heterocycles. The fourth-order valence-corrected chi connectivity index (χ4v) is 3.39. The summed E-state index contributed by atoms with van der Waals surface area (Å²) in [5, 5.41) is 10.1. The van der Waals surface area contributed by atoms with Crippen LogP contribution in [0.5, 0.6) is 0 Å². The SMILES string of the molecule is Cc1cc(F)ccc1CC(O)CSc1cccc(Br)c1. The lowest BCUT2D eigenvalue weighted by atomic mass is 10.0. The molecule has 0 saturated heterocycles. The van der Waals surface area contributed by atoms with Crippen LogP contribution in [0.2, 0.25) is 0 Å². The van der Waals surface area contributed by atoms with Crippen molar-refractivity contribution in [2.45, 2.75) is 24.3 Å². The Balaban J connectivity index is 1.90. The minimum absolute atomic E-state index is 0.232. The molecule has 0 bridgehead atoms. The summed E-state index contributed by atoms with van der Waals surface area (Å²) in [4.78, 5) is 1.12. The van der Waals surface area contributed by atoms with E-state index >= 15 is 0 Å². The number of hydrogen-bond donors (Lipinski definition) is 1. The van der Waals surface area contributed by atoms with Gasteiger partial charge in [0, 0.05) is 15.1 Å². The summed E-state index contributed by atoms with van der Waals surface area (Å²) in [6.07, 6.45) is 0.107. The van der Waals surface area contributed by atoms with E-state index in [1.165, 1.54) is 12.1 Å². The van der Waals surface area contributed by atoms with Gasteiger partial charge < -0.3 is 5.11 Å². The van der Waals surface area contributed by atoms with Crippen LogP contribution in [0.15, 0.2) is 51.8 Å². The van der Waals surface area contributed by atoms with E-state index in [1.54, 1.807) is 17.8 Å². The molecule has 106 valence electrons. The van der Waals surface area contributed by atoms with Gasteiger partial charge in [0.2, 0.25) is 0 Å². The summed E-state index contributed by atoms with van der Waals surface area (Å²) in [7, 11) is 0. The number of aryl methyl sites for hydroxylation is 1. The number of halogens is 2. The predicted octanol–water partition coefficient (Wildman–Crippen LogP) is 4.59. The van der Waals surface area contributed by atoms with Gasteiger partial charge in [0.15, 0.2) is 0 Å². The first-order valence-corrected chi connectivity index (χ1v) is 8.14. The van der Waals surface area contributed by atoms with Gasteiger partial charge in [0.25, 0.3) is 0 Å². The highest BCUT2D eigenvalue weighted by atomic mass is 79.9. The Morgan fingerprint density at radius 3 is 2.75 bits per heavy atom. The number of thioether (sulfide) groups is 1. The molecule has 2 aromatic carbocycles. The van der Waals surface area contributed by atoms with Gasteiger partial charge >= 0.3 is 0 Å². The summed E-state index contributed by atoms with van der Waals surface area (Å²) >= 11 is 5.04. The van der Waals surface area contributed by atoms with Crippen LogP contribution < -0.4 is 0 Å². The first-order chi connectivity index (χ1) is 9.54. The molecule has 0 amide bonds. The van der Waals surface area contributed by atoms with Crippen molar-refractivity contribution in [3.63, 3.8) is 0 Å². The second-order valence-corrected chi connectivity index (χ2v) is 6.71. The Morgan fingerprint density at radius 2 is 2.05 bits per heavy atom. The molecule has 0 aromatic heterocycles. The second-order valence-electron chi connectivity index (χ2n) is 4.70. The Kier molecular flexibility index (Phi) is 5.64. The van der Waals surface area contributed by atoms with E-state index in [0.29, 0.717) is 12.2 Å². The molecule has 1 atom stereocenters. The molecule has 0 fully saturated rings. The largest absolute Gasteiger partial charge is 0.392 e. The standard InChI is InChI=1S/C16H16BrFOS/c1-11-7-14(18)6-5-12(11)8-15(19)10-20-16-4-2-3-13(17)9-16/h2-7,9,15,19H,8,10H2,1H3. The molecule has 0 spiro atoms. The Hall–Kier alpha value is -0.840. The van der Waals surface area contributed by atoms with Crippen LogP contribution in [-0.2, 0) is 6.42 Å². The van der Waals surface area contributed by atoms with Crippen LogP contribution in [0, 0.1) is 12.7 Å². The van der Waals surface area contributed by atoms with Gasteiger partial charge in [-0.3, -0.25) is 0 Å². The molecule has 0 saturated carbocycles. The molecular weight excluding hydrogens is 339 g/mol.